The summed E-state index contributed by atoms with van der Waals surface area (Å²) in [5.74, 6) is -3.64. The molecule has 2 N–H and O–H groups in total. The van der Waals surface area contributed by atoms with Crippen molar-refractivity contribution in [3.05, 3.63) is 35.9 Å². The van der Waals surface area contributed by atoms with Gasteiger partial charge in [0.1, 0.15) is 0 Å². The molecule has 0 spiro atoms. The number of halogens is 2. The van der Waals surface area contributed by atoms with Crippen molar-refractivity contribution >= 4 is 0 Å². The average Bonchev–Trinajstić information content (AvgIpc) is 2.18. The van der Waals surface area contributed by atoms with Crippen molar-refractivity contribution in [2.24, 2.45) is 5.73 Å². The van der Waals surface area contributed by atoms with Crippen LogP contribution in [-0.2, 0) is 0 Å². The molecule has 0 aliphatic carbocycles. The van der Waals surface area contributed by atoms with E-state index < -0.39 is 18.4 Å². The zero-order valence-corrected chi connectivity index (χ0v) is 7.50. The molecule has 1 aromatic rings. The predicted molar refractivity (Wildman–Crippen MR) is 48.9 cm³/mol. The summed E-state index contributed by atoms with van der Waals surface area (Å²) >= 11 is 0. The van der Waals surface area contributed by atoms with Crippen molar-refractivity contribution in [1.29, 1.82) is 0 Å². The number of hydrogen-bond acceptors (Lipinski definition) is 1. The summed E-state index contributed by atoms with van der Waals surface area (Å²) in [6, 6.07) is 8.68. The number of hydrogen-bond donors (Lipinski definition) is 1. The van der Waals surface area contributed by atoms with Crippen LogP contribution in [0.1, 0.15) is 18.4 Å². The van der Waals surface area contributed by atoms with E-state index in [0.29, 0.717) is 5.56 Å². The molecular formula is C10H13F2N. The lowest BCUT2D eigenvalue weighted by Crippen LogP contribution is -2.33. The van der Waals surface area contributed by atoms with E-state index in [0.717, 1.165) is 0 Å². The quantitative estimate of drug-likeness (QED) is 0.768. The smallest absolute Gasteiger partial charge is 0.266 e. The summed E-state index contributed by atoms with van der Waals surface area (Å²) in [4.78, 5) is 0. The number of alkyl halides is 2. The van der Waals surface area contributed by atoms with Gasteiger partial charge in [0.05, 0.1) is 6.54 Å². The lowest BCUT2D eigenvalue weighted by Gasteiger charge is -2.22. The van der Waals surface area contributed by atoms with Gasteiger partial charge in [-0.15, -0.1) is 0 Å². The maximum atomic E-state index is 13.1. The van der Waals surface area contributed by atoms with Crippen LogP contribution in [0.3, 0.4) is 0 Å². The summed E-state index contributed by atoms with van der Waals surface area (Å²) in [7, 11) is 0. The molecule has 0 saturated heterocycles. The minimum Gasteiger partial charge on any atom is -0.325 e. The maximum absolute atomic E-state index is 13.1. The van der Waals surface area contributed by atoms with E-state index in [9.17, 15) is 8.78 Å². The minimum atomic E-state index is -2.82. The van der Waals surface area contributed by atoms with Gasteiger partial charge in [0.25, 0.3) is 5.92 Å². The molecule has 1 atom stereocenters. The van der Waals surface area contributed by atoms with Crippen LogP contribution in [0.2, 0.25) is 0 Å². The molecule has 0 aliphatic heterocycles. The van der Waals surface area contributed by atoms with Gasteiger partial charge in [-0.2, -0.15) is 0 Å². The highest BCUT2D eigenvalue weighted by Gasteiger charge is 2.35. The second kappa shape index (κ2) is 3.83. The Morgan fingerprint density at radius 3 is 2.31 bits per heavy atom. The van der Waals surface area contributed by atoms with Gasteiger partial charge in [-0.05, 0) is 5.56 Å². The fraction of sp³-hybridized carbons (Fsp3) is 0.400. The summed E-state index contributed by atoms with van der Waals surface area (Å²) in [6.07, 6.45) is 0. The summed E-state index contributed by atoms with van der Waals surface area (Å²) in [5, 5.41) is 0. The Hall–Kier alpha value is -0.960. The molecule has 0 aromatic heterocycles. The van der Waals surface area contributed by atoms with Crippen LogP contribution >= 0.6 is 0 Å². The molecule has 1 rings (SSSR count). The molecule has 0 aliphatic rings. The van der Waals surface area contributed by atoms with E-state index in [1.54, 1.807) is 30.3 Å². The largest absolute Gasteiger partial charge is 0.325 e. The van der Waals surface area contributed by atoms with Crippen LogP contribution in [0.15, 0.2) is 30.3 Å². The van der Waals surface area contributed by atoms with Crippen molar-refractivity contribution in [1.82, 2.24) is 0 Å². The topological polar surface area (TPSA) is 26.0 Å². The Morgan fingerprint density at radius 1 is 1.31 bits per heavy atom. The third-order valence-electron chi connectivity index (χ3n) is 2.21. The Balaban J connectivity index is 2.85. The Bertz CT molecular complexity index is 259. The molecule has 1 aromatic carbocycles. The first-order valence-corrected chi connectivity index (χ1v) is 4.21. The Kier molecular flexibility index (Phi) is 2.98. The van der Waals surface area contributed by atoms with Gasteiger partial charge in [-0.25, -0.2) is 8.78 Å². The SMILES string of the molecule is CC(c1ccccc1)C(F)(F)CN. The molecule has 13 heavy (non-hydrogen) atoms. The second-order valence-corrected chi connectivity index (χ2v) is 3.10. The highest BCUT2D eigenvalue weighted by atomic mass is 19.3. The highest BCUT2D eigenvalue weighted by Crippen LogP contribution is 2.31. The molecule has 0 radical (unpaired) electrons. The van der Waals surface area contributed by atoms with Crippen LogP contribution in [-0.4, -0.2) is 12.5 Å². The highest BCUT2D eigenvalue weighted by molar-refractivity contribution is 5.21. The number of nitrogens with two attached hydrogens (primary N) is 1. The van der Waals surface area contributed by atoms with Crippen molar-refractivity contribution in [3.63, 3.8) is 0 Å². The van der Waals surface area contributed by atoms with Crippen molar-refractivity contribution in [2.75, 3.05) is 6.54 Å². The van der Waals surface area contributed by atoms with Crippen molar-refractivity contribution in [3.8, 4) is 0 Å². The van der Waals surface area contributed by atoms with E-state index in [1.165, 1.54) is 6.92 Å². The monoisotopic (exact) mass is 185 g/mol. The normalized spacial score (nSPS) is 14.2. The van der Waals surface area contributed by atoms with Gasteiger partial charge >= 0.3 is 0 Å². The molecule has 0 bridgehead atoms. The molecule has 0 saturated carbocycles. The van der Waals surface area contributed by atoms with Crippen molar-refractivity contribution in [2.45, 2.75) is 18.8 Å². The molecule has 3 heteroatoms. The van der Waals surface area contributed by atoms with Crippen LogP contribution in [0.5, 0.6) is 0 Å². The summed E-state index contributed by atoms with van der Waals surface area (Å²) in [6.45, 7) is 0.880. The standard InChI is InChI=1S/C10H13F2N/c1-8(10(11,12)7-13)9-5-3-2-4-6-9/h2-6,8H,7,13H2,1H3. The van der Waals surface area contributed by atoms with Gasteiger partial charge in [-0.3, -0.25) is 0 Å². The minimum absolute atomic E-state index is 0.608. The third kappa shape index (κ3) is 2.25. The van der Waals surface area contributed by atoms with E-state index in [2.05, 4.69) is 0 Å². The van der Waals surface area contributed by atoms with Crippen LogP contribution in [0.4, 0.5) is 8.78 Å². The first-order chi connectivity index (χ1) is 6.08. The second-order valence-electron chi connectivity index (χ2n) is 3.10. The van der Waals surface area contributed by atoms with Gasteiger partial charge in [0.15, 0.2) is 0 Å². The zero-order chi connectivity index (χ0) is 9.90. The van der Waals surface area contributed by atoms with Gasteiger partial charge < -0.3 is 5.73 Å². The first-order valence-electron chi connectivity index (χ1n) is 4.21. The van der Waals surface area contributed by atoms with Gasteiger partial charge in [0, 0.05) is 5.92 Å². The summed E-state index contributed by atoms with van der Waals surface area (Å²) in [5.41, 5.74) is 5.62. The lowest BCUT2D eigenvalue weighted by molar-refractivity contribution is -0.0127. The average molecular weight is 185 g/mol. The van der Waals surface area contributed by atoms with E-state index >= 15 is 0 Å². The van der Waals surface area contributed by atoms with Gasteiger partial charge in [-0.1, -0.05) is 37.3 Å². The molecule has 1 unspecified atom stereocenters. The zero-order valence-electron chi connectivity index (χ0n) is 7.50. The number of benzene rings is 1. The summed E-state index contributed by atoms with van der Waals surface area (Å²) < 4.78 is 26.2. The first kappa shape index (κ1) is 10.1. The maximum Gasteiger partial charge on any atom is 0.266 e. The molecular weight excluding hydrogens is 172 g/mol. The number of rotatable bonds is 3. The van der Waals surface area contributed by atoms with Crippen molar-refractivity contribution < 1.29 is 8.78 Å². The lowest BCUT2D eigenvalue weighted by atomic mass is 9.95. The molecule has 0 fully saturated rings. The third-order valence-corrected chi connectivity index (χ3v) is 2.21. The van der Waals surface area contributed by atoms with E-state index in [1.807, 2.05) is 0 Å². The fourth-order valence-corrected chi connectivity index (χ4v) is 1.16. The molecule has 72 valence electrons. The van der Waals surface area contributed by atoms with E-state index in [-0.39, 0.29) is 0 Å². The molecule has 1 nitrogen and oxygen atoms in total. The Labute approximate surface area is 76.6 Å². The fourth-order valence-electron chi connectivity index (χ4n) is 1.16. The molecule has 0 amide bonds. The molecule has 0 heterocycles. The Morgan fingerprint density at radius 2 is 1.85 bits per heavy atom. The predicted octanol–water partition coefficient (Wildman–Crippen LogP) is 2.38. The van der Waals surface area contributed by atoms with Gasteiger partial charge in [0.2, 0.25) is 0 Å². The van der Waals surface area contributed by atoms with E-state index in [4.69, 9.17) is 5.73 Å². The van der Waals surface area contributed by atoms with Crippen LogP contribution in [0, 0.1) is 0 Å². The van der Waals surface area contributed by atoms with Crippen LogP contribution in [0.25, 0.3) is 0 Å². The van der Waals surface area contributed by atoms with Crippen LogP contribution < -0.4 is 5.73 Å².